The molecule has 1 aliphatic carbocycles. The molecule has 1 fully saturated rings. The highest BCUT2D eigenvalue weighted by Crippen LogP contribution is 2.29. The third-order valence-electron chi connectivity index (χ3n) is 3.72. The summed E-state index contributed by atoms with van der Waals surface area (Å²) in [6.07, 6.45) is 3.39. The highest BCUT2D eigenvalue weighted by molar-refractivity contribution is 6.33. The number of carbonyl (C=O) groups is 1. The Morgan fingerprint density at radius 2 is 2.19 bits per heavy atom. The van der Waals surface area contributed by atoms with E-state index in [2.05, 4.69) is 0 Å². The maximum absolute atomic E-state index is 12.6. The third kappa shape index (κ3) is 3.51. The van der Waals surface area contributed by atoms with Gasteiger partial charge in [-0.15, -0.1) is 0 Å². The molecule has 1 amide bonds. The Hall–Kier alpha value is -1.66. The van der Waals surface area contributed by atoms with Crippen LogP contribution in [-0.4, -0.2) is 40.0 Å². The van der Waals surface area contributed by atoms with Gasteiger partial charge in [-0.05, 0) is 31.7 Å². The van der Waals surface area contributed by atoms with E-state index in [1.807, 2.05) is 0 Å². The van der Waals surface area contributed by atoms with Crippen molar-refractivity contribution in [2.24, 2.45) is 0 Å². The number of hydrogen-bond acceptors (Lipinski definition) is 4. The largest absolute Gasteiger partial charge is 0.396 e. The van der Waals surface area contributed by atoms with E-state index in [1.165, 1.54) is 18.2 Å². The number of carbonyl (C=O) groups excluding carboxylic acids is 1. The lowest BCUT2D eigenvalue weighted by Crippen LogP contribution is -2.45. The fourth-order valence-electron chi connectivity index (χ4n) is 2.33. The number of non-ortho nitro benzene ring substituents is 1. The Labute approximate surface area is 127 Å². The molecule has 6 nitrogen and oxygen atoms in total. The molecular formula is C14H17ClN2O4. The molecule has 21 heavy (non-hydrogen) atoms. The average molecular weight is 313 g/mol. The summed E-state index contributed by atoms with van der Waals surface area (Å²) in [5, 5.41) is 20.0. The van der Waals surface area contributed by atoms with E-state index in [1.54, 1.807) is 4.90 Å². The van der Waals surface area contributed by atoms with E-state index < -0.39 is 4.92 Å². The Morgan fingerprint density at radius 1 is 1.48 bits per heavy atom. The first-order valence-corrected chi connectivity index (χ1v) is 7.28. The van der Waals surface area contributed by atoms with Crippen molar-refractivity contribution < 1.29 is 14.8 Å². The second-order valence-corrected chi connectivity index (χ2v) is 5.49. The van der Waals surface area contributed by atoms with Crippen molar-refractivity contribution >= 4 is 23.2 Å². The molecule has 0 aliphatic heterocycles. The maximum atomic E-state index is 12.6. The zero-order valence-electron chi connectivity index (χ0n) is 11.5. The molecule has 0 heterocycles. The Bertz CT molecular complexity index is 546. The standard InChI is InChI=1S/C14H17ClN2O4/c15-13-6-5-11(17(20)21)9-12(13)14(19)16(7-2-8-18)10-3-1-4-10/h5-6,9-10,18H,1-4,7-8H2. The molecule has 0 bridgehead atoms. The molecule has 0 aromatic heterocycles. The number of amides is 1. The van der Waals surface area contributed by atoms with E-state index in [9.17, 15) is 14.9 Å². The van der Waals surface area contributed by atoms with Gasteiger partial charge >= 0.3 is 0 Å². The lowest BCUT2D eigenvalue weighted by molar-refractivity contribution is -0.384. The predicted molar refractivity (Wildman–Crippen MR) is 78.5 cm³/mol. The minimum Gasteiger partial charge on any atom is -0.396 e. The number of aliphatic hydroxyl groups excluding tert-OH is 1. The predicted octanol–water partition coefficient (Wildman–Crippen LogP) is 2.63. The first kappa shape index (κ1) is 15.7. The Balaban J connectivity index is 2.26. The van der Waals surface area contributed by atoms with Crippen molar-refractivity contribution in [3.05, 3.63) is 38.9 Å². The average Bonchev–Trinajstić information content (AvgIpc) is 2.40. The van der Waals surface area contributed by atoms with Gasteiger partial charge in [0.2, 0.25) is 0 Å². The van der Waals surface area contributed by atoms with Gasteiger partial charge < -0.3 is 10.0 Å². The van der Waals surface area contributed by atoms with Crippen LogP contribution in [0, 0.1) is 10.1 Å². The molecule has 0 atom stereocenters. The minimum atomic E-state index is -0.547. The normalized spacial score (nSPS) is 14.6. The molecule has 1 aliphatic rings. The van der Waals surface area contributed by atoms with Crippen LogP contribution < -0.4 is 0 Å². The molecule has 2 rings (SSSR count). The van der Waals surface area contributed by atoms with Crippen LogP contribution in [0.15, 0.2) is 18.2 Å². The topological polar surface area (TPSA) is 83.7 Å². The van der Waals surface area contributed by atoms with E-state index in [0.717, 1.165) is 19.3 Å². The smallest absolute Gasteiger partial charge is 0.270 e. The molecule has 0 saturated heterocycles. The van der Waals surface area contributed by atoms with Gasteiger partial charge in [-0.2, -0.15) is 0 Å². The molecule has 1 N–H and O–H groups in total. The number of rotatable bonds is 6. The summed E-state index contributed by atoms with van der Waals surface area (Å²) >= 11 is 6.02. The van der Waals surface area contributed by atoms with Crippen LogP contribution in [0.2, 0.25) is 5.02 Å². The van der Waals surface area contributed by atoms with Crippen LogP contribution in [0.25, 0.3) is 0 Å². The maximum Gasteiger partial charge on any atom is 0.270 e. The summed E-state index contributed by atoms with van der Waals surface area (Å²) < 4.78 is 0. The zero-order valence-corrected chi connectivity index (χ0v) is 12.3. The summed E-state index contributed by atoms with van der Waals surface area (Å²) in [4.78, 5) is 24.6. The lowest BCUT2D eigenvalue weighted by atomic mass is 9.90. The van der Waals surface area contributed by atoms with Gasteiger partial charge in [0.25, 0.3) is 11.6 Å². The number of halogens is 1. The van der Waals surface area contributed by atoms with Gasteiger partial charge in [-0.25, -0.2) is 0 Å². The molecular weight excluding hydrogens is 296 g/mol. The molecule has 1 aromatic rings. The van der Waals surface area contributed by atoms with Crippen LogP contribution in [0.5, 0.6) is 0 Å². The van der Waals surface area contributed by atoms with Crippen molar-refractivity contribution in [1.29, 1.82) is 0 Å². The second-order valence-electron chi connectivity index (χ2n) is 5.08. The van der Waals surface area contributed by atoms with E-state index in [4.69, 9.17) is 16.7 Å². The minimum absolute atomic E-state index is 0.000824. The summed E-state index contributed by atoms with van der Waals surface area (Å²) in [7, 11) is 0. The van der Waals surface area contributed by atoms with Crippen molar-refractivity contribution in [3.63, 3.8) is 0 Å². The van der Waals surface area contributed by atoms with Crippen LogP contribution >= 0.6 is 11.6 Å². The van der Waals surface area contributed by atoms with Crippen molar-refractivity contribution in [1.82, 2.24) is 4.90 Å². The van der Waals surface area contributed by atoms with Gasteiger partial charge in [0.15, 0.2) is 0 Å². The first-order chi connectivity index (χ1) is 10.0. The molecule has 7 heteroatoms. The molecule has 0 radical (unpaired) electrons. The van der Waals surface area contributed by atoms with Gasteiger partial charge in [0.05, 0.1) is 15.5 Å². The fourth-order valence-corrected chi connectivity index (χ4v) is 2.53. The number of aliphatic hydroxyl groups is 1. The van der Waals surface area contributed by atoms with Gasteiger partial charge in [0, 0.05) is 31.3 Å². The van der Waals surface area contributed by atoms with E-state index >= 15 is 0 Å². The number of hydrogen-bond donors (Lipinski definition) is 1. The third-order valence-corrected chi connectivity index (χ3v) is 4.05. The van der Waals surface area contributed by atoms with E-state index in [-0.39, 0.29) is 34.8 Å². The molecule has 1 saturated carbocycles. The summed E-state index contributed by atoms with van der Waals surface area (Å²) in [5.41, 5.74) is -0.00539. The van der Waals surface area contributed by atoms with Crippen LogP contribution in [-0.2, 0) is 0 Å². The quantitative estimate of drug-likeness (QED) is 0.646. The Kier molecular flexibility index (Phi) is 5.14. The van der Waals surface area contributed by atoms with Crippen LogP contribution in [0.3, 0.4) is 0 Å². The molecule has 0 spiro atoms. The van der Waals surface area contributed by atoms with Crippen molar-refractivity contribution in [2.75, 3.05) is 13.2 Å². The molecule has 1 aromatic carbocycles. The van der Waals surface area contributed by atoms with Gasteiger partial charge in [-0.3, -0.25) is 14.9 Å². The van der Waals surface area contributed by atoms with Gasteiger partial charge in [0.1, 0.15) is 0 Å². The highest BCUT2D eigenvalue weighted by atomic mass is 35.5. The lowest BCUT2D eigenvalue weighted by Gasteiger charge is -2.37. The number of nitrogens with zero attached hydrogens (tertiary/aromatic N) is 2. The van der Waals surface area contributed by atoms with Crippen LogP contribution in [0.1, 0.15) is 36.0 Å². The number of nitro benzene ring substituents is 1. The van der Waals surface area contributed by atoms with Gasteiger partial charge in [-0.1, -0.05) is 11.6 Å². The zero-order chi connectivity index (χ0) is 15.4. The summed E-state index contributed by atoms with van der Waals surface area (Å²) in [6.45, 7) is 0.429. The second kappa shape index (κ2) is 6.87. The Morgan fingerprint density at radius 3 is 2.71 bits per heavy atom. The monoisotopic (exact) mass is 312 g/mol. The number of nitro groups is 1. The summed E-state index contributed by atoms with van der Waals surface area (Å²) in [6, 6.07) is 4.01. The van der Waals surface area contributed by atoms with Crippen molar-refractivity contribution in [2.45, 2.75) is 31.7 Å². The summed E-state index contributed by atoms with van der Waals surface area (Å²) in [5.74, 6) is -0.304. The van der Waals surface area contributed by atoms with Crippen molar-refractivity contribution in [3.8, 4) is 0 Å². The van der Waals surface area contributed by atoms with Crippen LogP contribution in [0.4, 0.5) is 5.69 Å². The molecule has 0 unspecified atom stereocenters. The first-order valence-electron chi connectivity index (χ1n) is 6.90. The fraction of sp³-hybridized carbons (Fsp3) is 0.500. The SMILES string of the molecule is O=C(c1cc([N+](=O)[O-])ccc1Cl)N(CCCO)C1CCC1. The number of benzene rings is 1. The highest BCUT2D eigenvalue weighted by Gasteiger charge is 2.30. The molecule has 114 valence electrons. The van der Waals surface area contributed by atoms with E-state index in [0.29, 0.717) is 13.0 Å².